The summed E-state index contributed by atoms with van der Waals surface area (Å²) in [6.07, 6.45) is 0. The number of rotatable bonds is 0. The van der Waals surface area contributed by atoms with Crippen molar-refractivity contribution in [2.45, 2.75) is 0 Å². The van der Waals surface area contributed by atoms with Gasteiger partial charge in [0, 0.05) is 0 Å². The average Bonchev–Trinajstić information content (AvgIpc) is 1.19. The number of hydrogen-bond acceptors (Lipinski definition) is 7. The molecule has 0 amide bonds. The summed E-state index contributed by atoms with van der Waals surface area (Å²) in [5.74, 6) is 0. The van der Waals surface area contributed by atoms with Gasteiger partial charge < -0.3 is 19.2 Å². The molecule has 0 atom stereocenters. The summed E-state index contributed by atoms with van der Waals surface area (Å²) < 4.78 is 34.2. The summed E-state index contributed by atoms with van der Waals surface area (Å²) >= 11 is -3.79. The van der Waals surface area contributed by atoms with Crippen LogP contribution in [0.25, 0.3) is 0 Å². The SMILES string of the molecule is O=P([O-])([O-])[O-].O=[Se]([O-])[O-].[Na+].[Na+].[Na+].[Na+].[Na+]. The molecule has 14 heavy (non-hydrogen) atoms. The molecule has 7 nitrogen and oxygen atoms in total. The summed E-state index contributed by atoms with van der Waals surface area (Å²) in [7, 11) is -5.39. The molecule has 0 unspecified atom stereocenters. The summed E-state index contributed by atoms with van der Waals surface area (Å²) in [4.78, 5) is 25.6. The van der Waals surface area contributed by atoms with Crippen molar-refractivity contribution < 1.29 is 179 Å². The van der Waals surface area contributed by atoms with Gasteiger partial charge in [0.25, 0.3) is 0 Å². The van der Waals surface area contributed by atoms with Crippen LogP contribution in [0.4, 0.5) is 0 Å². The third-order valence-corrected chi connectivity index (χ3v) is 0. The molecule has 0 aliphatic carbocycles. The van der Waals surface area contributed by atoms with Crippen molar-refractivity contribution in [3.63, 3.8) is 0 Å². The smallest absolute Gasteiger partial charge is 1.00 e. The molecule has 0 fully saturated rings. The third-order valence-electron chi connectivity index (χ3n) is 0. The van der Waals surface area contributed by atoms with Crippen LogP contribution in [-0.4, -0.2) is 14.5 Å². The Balaban J connectivity index is -0.0000000104. The minimum Gasteiger partial charge on any atom is 1.00 e. The second-order valence-corrected chi connectivity index (χ2v) is 2.40. The van der Waals surface area contributed by atoms with Crippen LogP contribution in [-0.2, 0) is 8.40 Å². The Morgan fingerprint density at radius 2 is 0.786 bits per heavy atom. The second kappa shape index (κ2) is 26.8. The molecule has 0 saturated heterocycles. The zero-order valence-corrected chi connectivity index (χ0v) is 21.3. The van der Waals surface area contributed by atoms with E-state index in [0.717, 1.165) is 0 Å². The quantitative estimate of drug-likeness (QED) is 0.315. The van der Waals surface area contributed by atoms with Crippen LogP contribution in [0.2, 0.25) is 0 Å². The zero-order valence-electron chi connectivity index (χ0n) is 8.71. The molecule has 0 N–H and O–H groups in total. The fraction of sp³-hybridized carbons (Fsp3) is 0. The van der Waals surface area contributed by atoms with E-state index < -0.39 is 22.3 Å². The molecule has 58 valence electrons. The first-order valence-corrected chi connectivity index (χ1v) is 4.79. The molecule has 0 saturated carbocycles. The van der Waals surface area contributed by atoms with Crippen LogP contribution in [0.3, 0.4) is 0 Å². The maximum atomic E-state index is 8.55. The van der Waals surface area contributed by atoms with E-state index in [0.29, 0.717) is 0 Å². The molecule has 0 aliphatic heterocycles. The van der Waals surface area contributed by atoms with E-state index in [4.69, 9.17) is 31.5 Å². The topological polar surface area (TPSA) is 149 Å². The number of phosphoric acid groups is 1. The van der Waals surface area contributed by atoms with Gasteiger partial charge in [-0.1, -0.05) is 0 Å². The van der Waals surface area contributed by atoms with Crippen molar-refractivity contribution in [2.75, 3.05) is 0 Å². The first-order valence-electron chi connectivity index (χ1n) is 1.23. The van der Waals surface area contributed by atoms with Crippen LogP contribution in [0.15, 0.2) is 0 Å². The summed E-state index contributed by atoms with van der Waals surface area (Å²) in [5, 5.41) is 0. The standard InChI is InChI=1S/5Na.H3O4P.H2O3Se/c;;;;;1-5(2,3)4;1-4(2)3/h;;;;;(H3,1,2,3,4);(H2,1,2,3)/q5*+1;;/p-5. The van der Waals surface area contributed by atoms with Gasteiger partial charge >= 0.3 is 174 Å². The molecular formula is Na5O7PSe. The predicted molar refractivity (Wildman–Crippen MR) is 14.0 cm³/mol. The van der Waals surface area contributed by atoms with Gasteiger partial charge in [0.2, 0.25) is 0 Å². The fourth-order valence-corrected chi connectivity index (χ4v) is 0. The van der Waals surface area contributed by atoms with E-state index >= 15 is 0 Å². The van der Waals surface area contributed by atoms with E-state index in [1.807, 2.05) is 0 Å². The van der Waals surface area contributed by atoms with Gasteiger partial charge in [0.15, 0.2) is 0 Å². The van der Waals surface area contributed by atoms with Crippen molar-refractivity contribution in [1.82, 2.24) is 0 Å². The van der Waals surface area contributed by atoms with Gasteiger partial charge in [-0.15, -0.1) is 0 Å². The van der Waals surface area contributed by atoms with E-state index in [-0.39, 0.29) is 148 Å². The average molecular weight is 337 g/mol. The minimum atomic E-state index is -5.39. The monoisotopic (exact) mass is 338 g/mol. The Morgan fingerprint density at radius 3 is 0.786 bits per heavy atom. The maximum absolute atomic E-state index is 8.55. The van der Waals surface area contributed by atoms with Crippen molar-refractivity contribution >= 4 is 22.3 Å². The van der Waals surface area contributed by atoms with E-state index in [2.05, 4.69) is 0 Å². The molecule has 0 aromatic rings. The summed E-state index contributed by atoms with van der Waals surface area (Å²) in [6, 6.07) is 0. The van der Waals surface area contributed by atoms with E-state index in [9.17, 15) is 0 Å². The predicted octanol–water partition coefficient (Wildman–Crippen LogP) is -20.7. The van der Waals surface area contributed by atoms with Crippen molar-refractivity contribution in [3.05, 3.63) is 0 Å². The van der Waals surface area contributed by atoms with Gasteiger partial charge in [-0.2, -0.15) is 7.82 Å². The van der Waals surface area contributed by atoms with Crippen LogP contribution >= 0.6 is 7.82 Å². The molecular weight excluding hydrogens is 337 g/mol. The molecule has 0 spiro atoms. The molecule has 0 rings (SSSR count). The van der Waals surface area contributed by atoms with Gasteiger partial charge in [0.1, 0.15) is 0 Å². The fourth-order valence-electron chi connectivity index (χ4n) is 0. The molecule has 0 radical (unpaired) electrons. The molecule has 0 aliphatic rings. The van der Waals surface area contributed by atoms with Crippen LogP contribution in [0, 0.1) is 0 Å². The largest absolute Gasteiger partial charge is 1.00 e. The van der Waals surface area contributed by atoms with Crippen molar-refractivity contribution in [2.24, 2.45) is 0 Å². The number of hydrogen-bond donors (Lipinski definition) is 0. The molecule has 14 heteroatoms. The first kappa shape index (κ1) is 42.7. The van der Waals surface area contributed by atoms with E-state index in [1.54, 1.807) is 0 Å². The van der Waals surface area contributed by atoms with Crippen LogP contribution < -0.4 is 171 Å². The summed E-state index contributed by atoms with van der Waals surface area (Å²) in [6.45, 7) is 0. The summed E-state index contributed by atoms with van der Waals surface area (Å²) in [5.41, 5.74) is 0. The Morgan fingerprint density at radius 1 is 0.786 bits per heavy atom. The Bertz CT molecular complexity index is 122. The van der Waals surface area contributed by atoms with Crippen LogP contribution in [0.1, 0.15) is 0 Å². The first-order chi connectivity index (χ1) is 3.73. The molecule has 0 aromatic heterocycles. The molecule has 0 bridgehead atoms. The van der Waals surface area contributed by atoms with Crippen molar-refractivity contribution in [3.8, 4) is 0 Å². The Kier molecular flexibility index (Phi) is 81.8. The Hall–Kier alpha value is 5.35. The minimum absolute atomic E-state index is 0. The van der Waals surface area contributed by atoms with Crippen LogP contribution in [0.5, 0.6) is 0 Å². The Labute approximate surface area is 197 Å². The maximum Gasteiger partial charge on any atom is 1.00 e. The second-order valence-electron chi connectivity index (χ2n) is 0.651. The molecule has 0 heterocycles. The third kappa shape index (κ3) is 162. The zero-order chi connectivity index (χ0) is 8.08. The normalized spacial score (nSPS) is 6.71. The molecule has 0 aromatic carbocycles. The van der Waals surface area contributed by atoms with E-state index in [1.165, 1.54) is 0 Å². The van der Waals surface area contributed by atoms with Gasteiger partial charge in [-0.05, 0) is 0 Å². The van der Waals surface area contributed by atoms with Gasteiger partial charge in [0.05, 0.1) is 0 Å². The van der Waals surface area contributed by atoms with Gasteiger partial charge in [-0.25, -0.2) is 0 Å². The van der Waals surface area contributed by atoms with Crippen molar-refractivity contribution in [1.29, 1.82) is 0 Å². The van der Waals surface area contributed by atoms with Gasteiger partial charge in [-0.3, -0.25) is 0 Å².